The van der Waals surface area contributed by atoms with Crippen LogP contribution in [0.3, 0.4) is 0 Å². The van der Waals surface area contributed by atoms with Crippen LogP contribution in [0.25, 0.3) is 10.9 Å². The fourth-order valence-electron chi connectivity index (χ4n) is 3.26. The number of Topliss-reactive ketones (excluding diaryl/α,β-unsaturated/α-hetero) is 1. The predicted molar refractivity (Wildman–Crippen MR) is 111 cm³/mol. The molecule has 1 heterocycles. The number of esters is 1. The largest absolute Gasteiger partial charge is 0.452 e. The van der Waals surface area contributed by atoms with Gasteiger partial charge >= 0.3 is 5.97 Å². The number of carbonyl (C=O) groups excluding carboxylic acids is 3. The molecule has 3 aromatic rings. The molecule has 0 bridgehead atoms. The molecule has 0 radical (unpaired) electrons. The maximum Gasteiger partial charge on any atom is 0.340 e. The number of hydrogen-bond acceptors (Lipinski definition) is 5. The van der Waals surface area contributed by atoms with Gasteiger partial charge in [0.25, 0.3) is 5.91 Å². The predicted octanol–water partition coefficient (Wildman–Crippen LogP) is 4.10. The van der Waals surface area contributed by atoms with Crippen molar-refractivity contribution in [1.82, 2.24) is 4.98 Å². The van der Waals surface area contributed by atoms with Crippen LogP contribution in [0.1, 0.15) is 45.8 Å². The number of ether oxygens (including phenoxy) is 1. The van der Waals surface area contributed by atoms with Gasteiger partial charge in [-0.25, -0.2) is 4.79 Å². The first-order valence-corrected chi connectivity index (χ1v) is 9.37. The third kappa shape index (κ3) is 4.32. The Morgan fingerprint density at radius 1 is 1.03 bits per heavy atom. The first-order chi connectivity index (χ1) is 13.9. The summed E-state index contributed by atoms with van der Waals surface area (Å²) in [7, 11) is 0. The number of amides is 1. The quantitative estimate of drug-likeness (QED) is 0.506. The summed E-state index contributed by atoms with van der Waals surface area (Å²) in [6.45, 7) is 4.73. The molecule has 1 aromatic heterocycles. The van der Waals surface area contributed by atoms with Crippen molar-refractivity contribution in [2.75, 3.05) is 11.9 Å². The van der Waals surface area contributed by atoms with Gasteiger partial charge in [0.15, 0.2) is 12.4 Å². The second-order valence-electron chi connectivity index (χ2n) is 6.66. The number of aryl methyl sites for hydroxylation is 2. The molecule has 0 atom stereocenters. The molecule has 148 valence electrons. The summed E-state index contributed by atoms with van der Waals surface area (Å²) in [4.78, 5) is 41.2. The zero-order valence-electron chi connectivity index (χ0n) is 16.6. The van der Waals surface area contributed by atoms with Crippen LogP contribution in [0.2, 0.25) is 0 Å². The van der Waals surface area contributed by atoms with Gasteiger partial charge in [0.05, 0.1) is 22.5 Å². The van der Waals surface area contributed by atoms with E-state index in [0.29, 0.717) is 28.9 Å². The van der Waals surface area contributed by atoms with Crippen LogP contribution >= 0.6 is 0 Å². The van der Waals surface area contributed by atoms with Gasteiger partial charge in [-0.05, 0) is 44.0 Å². The van der Waals surface area contributed by atoms with E-state index in [-0.39, 0.29) is 5.78 Å². The van der Waals surface area contributed by atoms with E-state index in [1.165, 1.54) is 6.92 Å². The Labute approximate surface area is 168 Å². The number of nitrogens with one attached hydrogen (secondary N) is 1. The minimum atomic E-state index is -0.590. The molecule has 0 spiro atoms. The fraction of sp³-hybridized carbons (Fsp3) is 0.217. The molecule has 2 aromatic carbocycles. The van der Waals surface area contributed by atoms with Crippen LogP contribution in [-0.2, 0) is 16.0 Å². The Morgan fingerprint density at radius 2 is 1.72 bits per heavy atom. The van der Waals surface area contributed by atoms with E-state index >= 15 is 0 Å². The Bertz CT molecular complexity index is 1110. The van der Waals surface area contributed by atoms with Crippen LogP contribution in [0, 0.1) is 6.92 Å². The Morgan fingerprint density at radius 3 is 2.45 bits per heavy atom. The minimum absolute atomic E-state index is 0.164. The number of benzene rings is 2. The molecule has 29 heavy (non-hydrogen) atoms. The first-order valence-electron chi connectivity index (χ1n) is 9.37. The van der Waals surface area contributed by atoms with E-state index in [9.17, 15) is 14.4 Å². The molecule has 0 aliphatic rings. The Kier molecular flexibility index (Phi) is 6.02. The molecule has 0 unspecified atom stereocenters. The van der Waals surface area contributed by atoms with Crippen molar-refractivity contribution in [3.05, 3.63) is 70.9 Å². The maximum atomic E-state index is 12.7. The van der Waals surface area contributed by atoms with Crippen molar-refractivity contribution in [2.24, 2.45) is 0 Å². The number of anilines is 1. The van der Waals surface area contributed by atoms with Crippen LogP contribution in [0.5, 0.6) is 0 Å². The normalized spacial score (nSPS) is 10.6. The van der Waals surface area contributed by atoms with E-state index in [2.05, 4.69) is 10.3 Å². The van der Waals surface area contributed by atoms with E-state index in [4.69, 9.17) is 4.74 Å². The van der Waals surface area contributed by atoms with Gasteiger partial charge in [0.2, 0.25) is 0 Å². The molecule has 6 nitrogen and oxygen atoms in total. The number of aromatic nitrogens is 1. The topological polar surface area (TPSA) is 85.4 Å². The number of para-hydroxylation sites is 2. The van der Waals surface area contributed by atoms with E-state index in [1.54, 1.807) is 24.3 Å². The smallest absolute Gasteiger partial charge is 0.340 e. The molecule has 0 aliphatic carbocycles. The standard InChI is InChI=1S/C23H22N2O4/c1-4-18-22(14(2)16-9-5-7-11-19(16)24-18)23(28)29-13-21(27)25-20-12-8-6-10-17(20)15(3)26/h5-12H,4,13H2,1-3H3,(H,25,27). The number of hydrogen-bond donors (Lipinski definition) is 1. The molecule has 1 N–H and O–H groups in total. The number of nitrogens with zero attached hydrogens (tertiary/aromatic N) is 1. The van der Waals surface area contributed by atoms with Gasteiger partial charge in [-0.1, -0.05) is 37.3 Å². The first kappa shape index (κ1) is 20.2. The van der Waals surface area contributed by atoms with Crippen molar-refractivity contribution in [3.63, 3.8) is 0 Å². The molecule has 6 heteroatoms. The molecule has 0 aliphatic heterocycles. The lowest BCUT2D eigenvalue weighted by molar-refractivity contribution is -0.119. The third-order valence-electron chi connectivity index (χ3n) is 4.68. The number of carbonyl (C=O) groups is 3. The fourth-order valence-corrected chi connectivity index (χ4v) is 3.26. The second kappa shape index (κ2) is 8.65. The highest BCUT2D eigenvalue weighted by Gasteiger charge is 2.20. The number of fused-ring (bicyclic) bond motifs is 1. The van der Waals surface area contributed by atoms with E-state index < -0.39 is 18.5 Å². The highest BCUT2D eigenvalue weighted by Crippen LogP contribution is 2.24. The Hall–Kier alpha value is -3.54. The number of rotatable bonds is 6. The summed E-state index contributed by atoms with van der Waals surface area (Å²) in [6, 6.07) is 14.3. The zero-order chi connectivity index (χ0) is 21.0. The van der Waals surface area contributed by atoms with Crippen LogP contribution in [0.15, 0.2) is 48.5 Å². The molecule has 0 saturated carbocycles. The summed E-state index contributed by atoms with van der Waals surface area (Å²) in [5, 5.41) is 3.49. The molecule has 0 fully saturated rings. The van der Waals surface area contributed by atoms with Crippen molar-refractivity contribution >= 4 is 34.3 Å². The van der Waals surface area contributed by atoms with Gasteiger partial charge in [-0.2, -0.15) is 0 Å². The SMILES string of the molecule is CCc1nc2ccccc2c(C)c1C(=O)OCC(=O)Nc1ccccc1C(C)=O. The van der Waals surface area contributed by atoms with Gasteiger partial charge < -0.3 is 10.1 Å². The highest BCUT2D eigenvalue weighted by atomic mass is 16.5. The highest BCUT2D eigenvalue weighted by molar-refractivity contribution is 6.04. The average Bonchev–Trinajstić information content (AvgIpc) is 2.72. The molecule has 0 saturated heterocycles. The summed E-state index contributed by atoms with van der Waals surface area (Å²) in [5.41, 5.74) is 3.40. The molecule has 3 rings (SSSR count). The minimum Gasteiger partial charge on any atom is -0.452 e. The van der Waals surface area contributed by atoms with Crippen LogP contribution in [0.4, 0.5) is 5.69 Å². The second-order valence-corrected chi connectivity index (χ2v) is 6.66. The summed E-state index contributed by atoms with van der Waals surface area (Å²) in [6.07, 6.45) is 0.564. The van der Waals surface area contributed by atoms with Gasteiger partial charge in [-0.3, -0.25) is 14.6 Å². The van der Waals surface area contributed by atoms with Crippen molar-refractivity contribution in [3.8, 4) is 0 Å². The maximum absolute atomic E-state index is 12.7. The van der Waals surface area contributed by atoms with E-state index in [0.717, 1.165) is 16.5 Å². The van der Waals surface area contributed by atoms with Crippen molar-refractivity contribution in [1.29, 1.82) is 0 Å². The Balaban J connectivity index is 1.77. The summed E-state index contributed by atoms with van der Waals surface area (Å²) in [5.74, 6) is -1.27. The third-order valence-corrected chi connectivity index (χ3v) is 4.68. The monoisotopic (exact) mass is 390 g/mol. The number of ketones is 1. The molecular weight excluding hydrogens is 368 g/mol. The lowest BCUT2D eigenvalue weighted by Gasteiger charge is -2.14. The van der Waals surface area contributed by atoms with Crippen molar-refractivity contribution < 1.29 is 19.1 Å². The van der Waals surface area contributed by atoms with E-state index in [1.807, 2.05) is 38.1 Å². The summed E-state index contributed by atoms with van der Waals surface area (Å²) >= 11 is 0. The van der Waals surface area contributed by atoms with Crippen LogP contribution in [-0.4, -0.2) is 29.3 Å². The average molecular weight is 390 g/mol. The van der Waals surface area contributed by atoms with Crippen molar-refractivity contribution in [2.45, 2.75) is 27.2 Å². The van der Waals surface area contributed by atoms with Gasteiger partial charge in [0, 0.05) is 10.9 Å². The number of pyridine rings is 1. The molecular formula is C23H22N2O4. The lowest BCUT2D eigenvalue weighted by Crippen LogP contribution is -2.23. The molecule has 1 amide bonds. The lowest BCUT2D eigenvalue weighted by atomic mass is 10.0. The zero-order valence-corrected chi connectivity index (χ0v) is 16.6. The van der Waals surface area contributed by atoms with Crippen LogP contribution < -0.4 is 5.32 Å². The van der Waals surface area contributed by atoms with Gasteiger partial charge in [-0.15, -0.1) is 0 Å². The van der Waals surface area contributed by atoms with Gasteiger partial charge in [0.1, 0.15) is 0 Å². The summed E-state index contributed by atoms with van der Waals surface area (Å²) < 4.78 is 5.26.